The second-order valence-electron chi connectivity index (χ2n) is 4.97. The molecule has 0 saturated carbocycles. The highest BCUT2D eigenvalue weighted by Gasteiger charge is 2.29. The summed E-state index contributed by atoms with van der Waals surface area (Å²) in [5.41, 5.74) is 0.619. The molecular weight excluding hydrogens is 262 g/mol. The zero-order valence-corrected chi connectivity index (χ0v) is 12.5. The number of rotatable bonds is 6. The van der Waals surface area contributed by atoms with E-state index in [9.17, 15) is 13.5 Å². The third-order valence-corrected chi connectivity index (χ3v) is 4.66. The molecule has 19 heavy (non-hydrogen) atoms. The van der Waals surface area contributed by atoms with Crippen LogP contribution in [-0.4, -0.2) is 19.6 Å². The summed E-state index contributed by atoms with van der Waals surface area (Å²) < 4.78 is 23.4. The highest BCUT2D eigenvalue weighted by atomic mass is 32.2. The number of primary sulfonamides is 1. The van der Waals surface area contributed by atoms with Gasteiger partial charge in [-0.1, -0.05) is 45.4 Å². The molecule has 1 unspecified atom stereocenters. The van der Waals surface area contributed by atoms with E-state index in [1.54, 1.807) is 18.2 Å². The Kier molecular flexibility index (Phi) is 5.52. The van der Waals surface area contributed by atoms with Crippen LogP contribution in [0.3, 0.4) is 0 Å². The second kappa shape index (κ2) is 6.50. The monoisotopic (exact) mass is 285 g/mol. The van der Waals surface area contributed by atoms with Gasteiger partial charge in [-0.05, 0) is 24.0 Å². The first-order chi connectivity index (χ1) is 8.82. The molecule has 1 aromatic rings. The van der Waals surface area contributed by atoms with Gasteiger partial charge in [-0.15, -0.1) is 0 Å². The summed E-state index contributed by atoms with van der Waals surface area (Å²) in [7, 11) is -3.77. The number of aliphatic hydroxyl groups is 1. The van der Waals surface area contributed by atoms with E-state index in [1.807, 2.05) is 20.8 Å². The van der Waals surface area contributed by atoms with Gasteiger partial charge in [0, 0.05) is 5.92 Å². The van der Waals surface area contributed by atoms with Gasteiger partial charge in [0.15, 0.2) is 0 Å². The van der Waals surface area contributed by atoms with Crippen molar-refractivity contribution in [2.45, 2.75) is 50.5 Å². The number of benzene rings is 1. The fraction of sp³-hybridized carbons (Fsp3) is 0.571. The highest BCUT2D eigenvalue weighted by Crippen LogP contribution is 2.34. The molecule has 0 aliphatic carbocycles. The van der Waals surface area contributed by atoms with E-state index in [4.69, 9.17) is 5.14 Å². The largest absolute Gasteiger partial charge is 0.392 e. The molecule has 0 aliphatic rings. The minimum Gasteiger partial charge on any atom is -0.392 e. The molecule has 1 rings (SSSR count). The molecular formula is C14H23NO3S. The van der Waals surface area contributed by atoms with E-state index in [1.165, 1.54) is 6.07 Å². The van der Waals surface area contributed by atoms with Crippen molar-refractivity contribution in [3.63, 3.8) is 0 Å². The molecule has 0 radical (unpaired) electrons. The Labute approximate surface area is 115 Å². The molecule has 3 atom stereocenters. The van der Waals surface area contributed by atoms with Gasteiger partial charge in [0.1, 0.15) is 0 Å². The molecule has 0 bridgehead atoms. The van der Waals surface area contributed by atoms with Crippen molar-refractivity contribution in [1.82, 2.24) is 0 Å². The zero-order chi connectivity index (χ0) is 14.6. The fourth-order valence-corrected chi connectivity index (χ4v) is 3.22. The standard InChI is InChI=1S/C14H23NO3S/c1-4-10(3)14(12(16)5-2)11-8-6-7-9-13(11)19(15,17)18/h6-10,12,14,16H,4-5H2,1-3H3,(H2,15,17,18)/t10-,12?,14-/m0/s1. The Bertz CT molecular complexity index is 503. The molecule has 3 N–H and O–H groups in total. The lowest BCUT2D eigenvalue weighted by Gasteiger charge is -2.29. The predicted molar refractivity (Wildman–Crippen MR) is 76.3 cm³/mol. The average Bonchev–Trinajstić information content (AvgIpc) is 2.37. The van der Waals surface area contributed by atoms with E-state index in [-0.39, 0.29) is 16.7 Å². The number of nitrogens with two attached hydrogens (primary N) is 1. The van der Waals surface area contributed by atoms with Crippen LogP contribution in [0.5, 0.6) is 0 Å². The summed E-state index contributed by atoms with van der Waals surface area (Å²) in [6.07, 6.45) is 0.868. The molecule has 5 heteroatoms. The Morgan fingerprint density at radius 1 is 1.21 bits per heavy atom. The van der Waals surface area contributed by atoms with Crippen molar-refractivity contribution in [2.75, 3.05) is 0 Å². The normalized spacial score (nSPS) is 16.9. The van der Waals surface area contributed by atoms with Crippen molar-refractivity contribution in [3.05, 3.63) is 29.8 Å². The molecule has 0 fully saturated rings. The van der Waals surface area contributed by atoms with Crippen LogP contribution < -0.4 is 5.14 Å². The maximum absolute atomic E-state index is 11.7. The maximum atomic E-state index is 11.7. The number of aliphatic hydroxyl groups excluding tert-OH is 1. The second-order valence-corrected chi connectivity index (χ2v) is 6.50. The van der Waals surface area contributed by atoms with Gasteiger partial charge in [0.25, 0.3) is 0 Å². The van der Waals surface area contributed by atoms with Crippen LogP contribution in [0.15, 0.2) is 29.2 Å². The van der Waals surface area contributed by atoms with Crippen LogP contribution in [0.2, 0.25) is 0 Å². The molecule has 0 amide bonds. The molecule has 0 aromatic heterocycles. The molecule has 4 nitrogen and oxygen atoms in total. The Hall–Kier alpha value is -0.910. The minimum absolute atomic E-state index is 0.118. The van der Waals surface area contributed by atoms with Gasteiger partial charge < -0.3 is 5.11 Å². The first-order valence-electron chi connectivity index (χ1n) is 6.62. The quantitative estimate of drug-likeness (QED) is 0.841. The third-order valence-electron chi connectivity index (χ3n) is 3.67. The molecule has 1 aromatic carbocycles. The maximum Gasteiger partial charge on any atom is 0.238 e. The van der Waals surface area contributed by atoms with Crippen LogP contribution in [0.1, 0.15) is 45.1 Å². The van der Waals surface area contributed by atoms with Crippen LogP contribution in [-0.2, 0) is 10.0 Å². The summed E-state index contributed by atoms with van der Waals surface area (Å²) in [5.74, 6) is -0.0395. The van der Waals surface area contributed by atoms with Crippen molar-refractivity contribution in [3.8, 4) is 0 Å². The number of sulfonamides is 1. The van der Waals surface area contributed by atoms with Gasteiger partial charge in [-0.3, -0.25) is 0 Å². The van der Waals surface area contributed by atoms with E-state index in [0.29, 0.717) is 12.0 Å². The molecule has 0 aliphatic heterocycles. The Balaban J connectivity index is 3.39. The highest BCUT2D eigenvalue weighted by molar-refractivity contribution is 7.89. The smallest absolute Gasteiger partial charge is 0.238 e. The lowest BCUT2D eigenvalue weighted by atomic mass is 9.80. The van der Waals surface area contributed by atoms with Crippen molar-refractivity contribution in [1.29, 1.82) is 0 Å². The van der Waals surface area contributed by atoms with Gasteiger partial charge in [-0.25, -0.2) is 13.6 Å². The summed E-state index contributed by atoms with van der Waals surface area (Å²) >= 11 is 0. The summed E-state index contributed by atoms with van der Waals surface area (Å²) in [5, 5.41) is 15.5. The number of hydrogen-bond donors (Lipinski definition) is 2. The van der Waals surface area contributed by atoms with Crippen molar-refractivity contribution < 1.29 is 13.5 Å². The van der Waals surface area contributed by atoms with Gasteiger partial charge in [0.2, 0.25) is 10.0 Å². The SMILES string of the molecule is CCC(O)[C@H](c1ccccc1S(N)(=O)=O)[C@@H](C)CC. The van der Waals surface area contributed by atoms with Crippen LogP contribution in [0, 0.1) is 5.92 Å². The van der Waals surface area contributed by atoms with Crippen LogP contribution >= 0.6 is 0 Å². The summed E-state index contributed by atoms with van der Waals surface area (Å²) in [4.78, 5) is 0.118. The average molecular weight is 285 g/mol. The van der Waals surface area contributed by atoms with Gasteiger partial charge in [0.05, 0.1) is 11.0 Å². The van der Waals surface area contributed by atoms with E-state index in [0.717, 1.165) is 6.42 Å². The molecule has 0 spiro atoms. The predicted octanol–water partition coefficient (Wildman–Crippen LogP) is 2.23. The first-order valence-corrected chi connectivity index (χ1v) is 8.17. The van der Waals surface area contributed by atoms with Crippen LogP contribution in [0.4, 0.5) is 0 Å². The number of hydrogen-bond acceptors (Lipinski definition) is 3. The van der Waals surface area contributed by atoms with Crippen molar-refractivity contribution >= 4 is 10.0 Å². The molecule has 0 saturated heterocycles. The van der Waals surface area contributed by atoms with E-state index >= 15 is 0 Å². The minimum atomic E-state index is -3.77. The Morgan fingerprint density at radius 2 is 1.79 bits per heavy atom. The van der Waals surface area contributed by atoms with E-state index < -0.39 is 16.1 Å². The van der Waals surface area contributed by atoms with Crippen LogP contribution in [0.25, 0.3) is 0 Å². The first kappa shape index (κ1) is 16.1. The summed E-state index contributed by atoms with van der Waals surface area (Å²) in [6, 6.07) is 6.68. The van der Waals surface area contributed by atoms with Gasteiger partial charge in [-0.2, -0.15) is 0 Å². The Morgan fingerprint density at radius 3 is 2.26 bits per heavy atom. The van der Waals surface area contributed by atoms with E-state index in [2.05, 4.69) is 0 Å². The zero-order valence-electron chi connectivity index (χ0n) is 11.7. The third kappa shape index (κ3) is 3.78. The summed E-state index contributed by atoms with van der Waals surface area (Å²) in [6.45, 7) is 5.93. The molecule has 108 valence electrons. The lowest BCUT2D eigenvalue weighted by Crippen LogP contribution is -2.26. The topological polar surface area (TPSA) is 80.4 Å². The molecule has 0 heterocycles. The van der Waals surface area contributed by atoms with Crippen molar-refractivity contribution in [2.24, 2.45) is 11.1 Å². The van der Waals surface area contributed by atoms with Gasteiger partial charge >= 0.3 is 0 Å². The lowest BCUT2D eigenvalue weighted by molar-refractivity contribution is 0.112. The fourth-order valence-electron chi connectivity index (χ4n) is 2.42.